The quantitative estimate of drug-likeness (QED) is 0.774. The molecule has 0 bridgehead atoms. The van der Waals surface area contributed by atoms with Gasteiger partial charge in [0, 0.05) is 5.69 Å². The number of hydrogen-bond donors (Lipinski definition) is 2. The third kappa shape index (κ3) is 3.06. The third-order valence-electron chi connectivity index (χ3n) is 3.01. The van der Waals surface area contributed by atoms with E-state index in [0.29, 0.717) is 17.4 Å². The number of aryl methyl sites for hydroxylation is 2. The van der Waals surface area contributed by atoms with Crippen LogP contribution in [0.5, 0.6) is 0 Å². The molecule has 0 aliphatic heterocycles. The number of rotatable bonds is 3. The number of fused-ring (bicyclic) bond motifs is 1. The van der Waals surface area contributed by atoms with E-state index >= 15 is 0 Å². The van der Waals surface area contributed by atoms with E-state index in [1.165, 1.54) is 0 Å². The predicted molar refractivity (Wildman–Crippen MR) is 84.0 cm³/mol. The van der Waals surface area contributed by atoms with E-state index in [4.69, 9.17) is 4.52 Å². The van der Waals surface area contributed by atoms with Crippen LogP contribution in [-0.2, 0) is 0 Å². The summed E-state index contributed by atoms with van der Waals surface area (Å²) in [6.45, 7) is 5.47. The van der Waals surface area contributed by atoms with Gasteiger partial charge in [-0.1, -0.05) is 5.16 Å². The number of carbonyl (C=O) groups is 1. The van der Waals surface area contributed by atoms with Crippen molar-refractivity contribution < 1.29 is 9.32 Å². The first-order valence-electron chi connectivity index (χ1n) is 6.76. The monoisotopic (exact) mass is 317 g/mol. The first-order valence-corrected chi connectivity index (χ1v) is 7.58. The molecule has 22 heavy (non-hydrogen) atoms. The Morgan fingerprint density at radius 2 is 2.14 bits per heavy atom. The van der Waals surface area contributed by atoms with E-state index in [2.05, 4.69) is 25.8 Å². The zero-order valence-corrected chi connectivity index (χ0v) is 13.2. The zero-order chi connectivity index (χ0) is 15.7. The molecule has 0 spiro atoms. The smallest absolute Gasteiger partial charge is 0.319 e. The van der Waals surface area contributed by atoms with Gasteiger partial charge in [-0.05, 0) is 39.0 Å². The van der Waals surface area contributed by atoms with Crippen molar-refractivity contribution in [1.29, 1.82) is 0 Å². The molecule has 0 saturated heterocycles. The van der Waals surface area contributed by atoms with Gasteiger partial charge in [-0.3, -0.25) is 0 Å². The van der Waals surface area contributed by atoms with Crippen LogP contribution in [0.2, 0.25) is 0 Å². The van der Waals surface area contributed by atoms with Crippen molar-refractivity contribution in [1.82, 2.24) is 20.4 Å². The van der Waals surface area contributed by atoms with Gasteiger partial charge in [-0.2, -0.15) is 4.98 Å². The molecular formula is C14H15N5O2S. The summed E-state index contributed by atoms with van der Waals surface area (Å²) < 4.78 is 6.07. The average Bonchev–Trinajstić information content (AvgIpc) is 3.03. The number of aromatic nitrogens is 3. The van der Waals surface area contributed by atoms with Gasteiger partial charge in [0.1, 0.15) is 6.04 Å². The Labute approximate surface area is 130 Å². The molecule has 0 aliphatic rings. The highest BCUT2D eigenvalue weighted by atomic mass is 32.1. The number of amides is 2. The minimum Gasteiger partial charge on any atom is -0.337 e. The van der Waals surface area contributed by atoms with Gasteiger partial charge in [0.05, 0.1) is 15.2 Å². The lowest BCUT2D eigenvalue weighted by molar-refractivity contribution is 0.245. The van der Waals surface area contributed by atoms with Crippen molar-refractivity contribution in [2.75, 3.05) is 5.32 Å². The molecule has 2 amide bonds. The number of benzene rings is 1. The van der Waals surface area contributed by atoms with E-state index in [1.807, 2.05) is 25.1 Å². The summed E-state index contributed by atoms with van der Waals surface area (Å²) in [6, 6.07) is 4.92. The fourth-order valence-electron chi connectivity index (χ4n) is 2.03. The molecule has 8 heteroatoms. The molecule has 2 heterocycles. The maximum Gasteiger partial charge on any atom is 0.319 e. The molecule has 2 N–H and O–H groups in total. The summed E-state index contributed by atoms with van der Waals surface area (Å²) in [5.74, 6) is 0.913. The number of anilines is 1. The minimum atomic E-state index is -0.365. The van der Waals surface area contributed by atoms with Crippen LogP contribution in [0.15, 0.2) is 22.7 Å². The topological polar surface area (TPSA) is 92.9 Å². The fraction of sp³-hybridized carbons (Fsp3) is 0.286. The molecule has 2 aromatic heterocycles. The van der Waals surface area contributed by atoms with Crippen LogP contribution < -0.4 is 10.6 Å². The fourth-order valence-corrected chi connectivity index (χ4v) is 2.90. The van der Waals surface area contributed by atoms with E-state index in [9.17, 15) is 4.79 Å². The Hall–Kier alpha value is -2.48. The van der Waals surface area contributed by atoms with Crippen molar-refractivity contribution in [3.8, 4) is 0 Å². The van der Waals surface area contributed by atoms with Gasteiger partial charge >= 0.3 is 6.03 Å². The zero-order valence-electron chi connectivity index (χ0n) is 12.4. The van der Waals surface area contributed by atoms with E-state index < -0.39 is 0 Å². The van der Waals surface area contributed by atoms with Crippen LogP contribution in [0.1, 0.15) is 29.7 Å². The largest absolute Gasteiger partial charge is 0.337 e. The second-order valence-electron chi connectivity index (χ2n) is 4.92. The molecule has 0 radical (unpaired) electrons. The highest BCUT2D eigenvalue weighted by Gasteiger charge is 2.15. The lowest BCUT2D eigenvalue weighted by atomic mass is 10.3. The molecular weight excluding hydrogens is 302 g/mol. The second kappa shape index (κ2) is 5.72. The number of carbonyl (C=O) groups excluding carboxylic acids is 1. The summed E-state index contributed by atoms with van der Waals surface area (Å²) in [5.41, 5.74) is 1.64. The Bertz CT molecular complexity index is 826. The SMILES string of the molecule is Cc1noc(C(C)NC(=O)Nc2ccc3nc(C)sc3c2)n1. The van der Waals surface area contributed by atoms with E-state index in [0.717, 1.165) is 15.2 Å². The molecule has 3 aromatic rings. The summed E-state index contributed by atoms with van der Waals surface area (Å²) in [6.07, 6.45) is 0. The van der Waals surface area contributed by atoms with Gasteiger partial charge in [0.15, 0.2) is 5.82 Å². The van der Waals surface area contributed by atoms with Gasteiger partial charge in [-0.25, -0.2) is 9.78 Å². The average molecular weight is 317 g/mol. The first kappa shape index (κ1) is 14.5. The number of thiazole rings is 1. The molecule has 0 saturated carbocycles. The molecule has 114 valence electrons. The lowest BCUT2D eigenvalue weighted by Gasteiger charge is -2.11. The van der Waals surface area contributed by atoms with Gasteiger partial charge in [-0.15, -0.1) is 11.3 Å². The van der Waals surface area contributed by atoms with Crippen molar-refractivity contribution >= 4 is 33.3 Å². The molecule has 0 aliphatic carbocycles. The molecule has 1 aromatic carbocycles. The van der Waals surface area contributed by atoms with Crippen LogP contribution in [0, 0.1) is 13.8 Å². The molecule has 1 atom stereocenters. The van der Waals surface area contributed by atoms with E-state index in [-0.39, 0.29) is 12.1 Å². The number of hydrogen-bond acceptors (Lipinski definition) is 6. The Balaban J connectivity index is 1.67. The lowest BCUT2D eigenvalue weighted by Crippen LogP contribution is -2.31. The van der Waals surface area contributed by atoms with Crippen molar-refractivity contribution in [3.63, 3.8) is 0 Å². The van der Waals surface area contributed by atoms with Crippen molar-refractivity contribution in [2.24, 2.45) is 0 Å². The van der Waals surface area contributed by atoms with Crippen molar-refractivity contribution in [3.05, 3.63) is 34.9 Å². The predicted octanol–water partition coefficient (Wildman–Crippen LogP) is 3.18. The van der Waals surface area contributed by atoms with Gasteiger partial charge < -0.3 is 15.2 Å². The van der Waals surface area contributed by atoms with Crippen LogP contribution in [-0.4, -0.2) is 21.2 Å². The maximum atomic E-state index is 12.0. The van der Waals surface area contributed by atoms with Crippen LogP contribution in [0.3, 0.4) is 0 Å². The highest BCUT2D eigenvalue weighted by molar-refractivity contribution is 7.18. The van der Waals surface area contributed by atoms with Gasteiger partial charge in [0.2, 0.25) is 5.89 Å². The molecule has 7 nitrogen and oxygen atoms in total. The Kier molecular flexibility index (Phi) is 3.76. The maximum absolute atomic E-state index is 12.0. The summed E-state index contributed by atoms with van der Waals surface area (Å²) >= 11 is 1.59. The summed E-state index contributed by atoms with van der Waals surface area (Å²) in [4.78, 5) is 20.5. The molecule has 0 fully saturated rings. The van der Waals surface area contributed by atoms with E-state index in [1.54, 1.807) is 25.2 Å². The minimum absolute atomic E-state index is 0.330. The molecule has 3 rings (SSSR count). The Morgan fingerprint density at radius 1 is 1.32 bits per heavy atom. The summed E-state index contributed by atoms with van der Waals surface area (Å²) in [7, 11) is 0. The number of nitrogens with one attached hydrogen (secondary N) is 2. The standard InChI is InChI=1S/C14H15N5O2S/c1-7(13-16-8(2)19-21-13)15-14(20)18-10-4-5-11-12(6-10)22-9(3)17-11/h4-7H,1-3H3,(H2,15,18,20). The number of urea groups is 1. The first-order chi connectivity index (χ1) is 10.5. The normalized spacial score (nSPS) is 12.3. The van der Waals surface area contributed by atoms with Crippen LogP contribution in [0.4, 0.5) is 10.5 Å². The summed E-state index contributed by atoms with van der Waals surface area (Å²) in [5, 5.41) is 10.2. The second-order valence-corrected chi connectivity index (χ2v) is 6.15. The molecule has 1 unspecified atom stereocenters. The van der Waals surface area contributed by atoms with Gasteiger partial charge in [0.25, 0.3) is 0 Å². The van der Waals surface area contributed by atoms with Crippen LogP contribution >= 0.6 is 11.3 Å². The van der Waals surface area contributed by atoms with Crippen molar-refractivity contribution in [2.45, 2.75) is 26.8 Å². The Morgan fingerprint density at radius 3 is 2.86 bits per heavy atom. The highest BCUT2D eigenvalue weighted by Crippen LogP contribution is 2.24. The third-order valence-corrected chi connectivity index (χ3v) is 3.95. The van der Waals surface area contributed by atoms with Crippen LogP contribution in [0.25, 0.3) is 10.2 Å². The number of nitrogens with zero attached hydrogens (tertiary/aromatic N) is 3.